The van der Waals surface area contributed by atoms with Crippen molar-refractivity contribution in [2.75, 3.05) is 6.54 Å². The SMILES string of the molecule is CC(c1ccc(Cl)cc1Cl)N1CCC(N)C1=O. The maximum Gasteiger partial charge on any atom is 0.240 e. The van der Waals surface area contributed by atoms with E-state index in [1.807, 2.05) is 13.0 Å². The molecule has 1 aliphatic heterocycles. The van der Waals surface area contributed by atoms with Gasteiger partial charge in [-0.15, -0.1) is 0 Å². The molecule has 92 valence electrons. The van der Waals surface area contributed by atoms with Crippen molar-refractivity contribution < 1.29 is 4.79 Å². The Balaban J connectivity index is 2.25. The number of benzene rings is 1. The highest BCUT2D eigenvalue weighted by Crippen LogP contribution is 2.31. The third-order valence-corrected chi connectivity index (χ3v) is 3.72. The molecule has 0 aromatic heterocycles. The van der Waals surface area contributed by atoms with Crippen LogP contribution in [0.15, 0.2) is 18.2 Å². The van der Waals surface area contributed by atoms with E-state index in [1.165, 1.54) is 0 Å². The summed E-state index contributed by atoms with van der Waals surface area (Å²) in [6.45, 7) is 2.63. The van der Waals surface area contributed by atoms with Gasteiger partial charge in [-0.2, -0.15) is 0 Å². The standard InChI is InChI=1S/C12H14Cl2N2O/c1-7(16-5-4-11(15)12(16)17)9-3-2-8(13)6-10(9)14/h2-3,6-7,11H,4-5,15H2,1H3. The third kappa shape index (κ3) is 2.41. The van der Waals surface area contributed by atoms with E-state index in [4.69, 9.17) is 28.9 Å². The molecule has 3 nitrogen and oxygen atoms in total. The molecule has 1 saturated heterocycles. The number of carbonyl (C=O) groups excluding carboxylic acids is 1. The summed E-state index contributed by atoms with van der Waals surface area (Å²) in [6, 6.07) is 4.88. The molecular formula is C12H14Cl2N2O. The van der Waals surface area contributed by atoms with Gasteiger partial charge in [0.05, 0.1) is 12.1 Å². The maximum absolute atomic E-state index is 11.8. The molecule has 0 saturated carbocycles. The fraction of sp³-hybridized carbons (Fsp3) is 0.417. The molecule has 1 amide bonds. The number of hydrogen-bond acceptors (Lipinski definition) is 2. The van der Waals surface area contributed by atoms with Crippen molar-refractivity contribution in [2.45, 2.75) is 25.4 Å². The second kappa shape index (κ2) is 4.84. The second-order valence-corrected chi connectivity index (χ2v) is 5.11. The van der Waals surface area contributed by atoms with Crippen molar-refractivity contribution in [3.8, 4) is 0 Å². The van der Waals surface area contributed by atoms with Crippen molar-refractivity contribution in [2.24, 2.45) is 5.73 Å². The first-order valence-corrected chi connectivity index (χ1v) is 6.27. The molecular weight excluding hydrogens is 259 g/mol. The van der Waals surface area contributed by atoms with Crippen LogP contribution < -0.4 is 5.73 Å². The highest BCUT2D eigenvalue weighted by Gasteiger charge is 2.32. The van der Waals surface area contributed by atoms with Gasteiger partial charge in [0.15, 0.2) is 0 Å². The summed E-state index contributed by atoms with van der Waals surface area (Å²) >= 11 is 12.0. The van der Waals surface area contributed by atoms with Gasteiger partial charge in [-0.25, -0.2) is 0 Å². The number of halogens is 2. The lowest BCUT2D eigenvalue weighted by Crippen LogP contribution is -2.35. The molecule has 1 heterocycles. The molecule has 0 radical (unpaired) electrons. The quantitative estimate of drug-likeness (QED) is 0.900. The molecule has 1 aromatic rings. The van der Waals surface area contributed by atoms with Gasteiger partial charge in [0, 0.05) is 16.6 Å². The maximum atomic E-state index is 11.8. The summed E-state index contributed by atoms with van der Waals surface area (Å²) < 4.78 is 0. The number of amides is 1. The molecule has 2 N–H and O–H groups in total. The van der Waals surface area contributed by atoms with Gasteiger partial charge in [0.1, 0.15) is 0 Å². The van der Waals surface area contributed by atoms with Crippen LogP contribution in [0.2, 0.25) is 10.0 Å². The van der Waals surface area contributed by atoms with E-state index in [0.29, 0.717) is 23.0 Å². The van der Waals surface area contributed by atoms with Crippen LogP contribution in [-0.4, -0.2) is 23.4 Å². The zero-order valence-corrected chi connectivity index (χ0v) is 11.0. The van der Waals surface area contributed by atoms with E-state index in [1.54, 1.807) is 17.0 Å². The Morgan fingerprint density at radius 1 is 1.47 bits per heavy atom. The minimum Gasteiger partial charge on any atom is -0.334 e. The first-order valence-electron chi connectivity index (χ1n) is 5.51. The first kappa shape index (κ1) is 12.7. The number of carbonyl (C=O) groups is 1. The number of likely N-dealkylation sites (tertiary alicyclic amines) is 1. The van der Waals surface area contributed by atoms with Crippen LogP contribution in [0, 0.1) is 0 Å². The van der Waals surface area contributed by atoms with E-state index >= 15 is 0 Å². The van der Waals surface area contributed by atoms with E-state index in [0.717, 1.165) is 5.56 Å². The fourth-order valence-corrected chi connectivity index (χ4v) is 2.68. The van der Waals surface area contributed by atoms with Crippen LogP contribution in [0.3, 0.4) is 0 Å². The number of rotatable bonds is 2. The molecule has 1 aromatic carbocycles. The van der Waals surface area contributed by atoms with Crippen LogP contribution in [0.1, 0.15) is 24.9 Å². The Morgan fingerprint density at radius 3 is 2.71 bits per heavy atom. The number of nitrogens with two attached hydrogens (primary N) is 1. The summed E-state index contributed by atoms with van der Waals surface area (Å²) in [5, 5.41) is 1.17. The minimum atomic E-state index is -0.372. The van der Waals surface area contributed by atoms with Crippen molar-refractivity contribution in [3.63, 3.8) is 0 Å². The predicted octanol–water partition coefficient (Wildman–Crippen LogP) is 2.61. The van der Waals surface area contributed by atoms with Gasteiger partial charge in [-0.3, -0.25) is 4.79 Å². The van der Waals surface area contributed by atoms with E-state index in [9.17, 15) is 4.79 Å². The van der Waals surface area contributed by atoms with Crippen LogP contribution in [0.5, 0.6) is 0 Å². The average Bonchev–Trinajstić information content (AvgIpc) is 2.59. The van der Waals surface area contributed by atoms with Crippen LogP contribution >= 0.6 is 23.2 Å². The minimum absolute atomic E-state index is 0.0106. The van der Waals surface area contributed by atoms with Crippen molar-refractivity contribution in [1.82, 2.24) is 4.90 Å². The zero-order valence-electron chi connectivity index (χ0n) is 9.49. The Hall–Kier alpha value is -0.770. The molecule has 5 heteroatoms. The molecule has 1 aliphatic rings. The van der Waals surface area contributed by atoms with Gasteiger partial charge in [0.2, 0.25) is 5.91 Å². The van der Waals surface area contributed by atoms with E-state index < -0.39 is 0 Å². The number of nitrogens with zero attached hydrogens (tertiary/aromatic N) is 1. The largest absolute Gasteiger partial charge is 0.334 e. The van der Waals surface area contributed by atoms with Gasteiger partial charge in [-0.1, -0.05) is 29.3 Å². The molecule has 1 fully saturated rings. The smallest absolute Gasteiger partial charge is 0.240 e. The highest BCUT2D eigenvalue weighted by molar-refractivity contribution is 6.35. The fourth-order valence-electron chi connectivity index (χ4n) is 2.12. The molecule has 2 unspecified atom stereocenters. The Labute approximate surface area is 110 Å². The van der Waals surface area contributed by atoms with E-state index in [-0.39, 0.29) is 18.0 Å². The lowest BCUT2D eigenvalue weighted by Gasteiger charge is -2.25. The molecule has 2 atom stereocenters. The van der Waals surface area contributed by atoms with E-state index in [2.05, 4.69) is 0 Å². The summed E-state index contributed by atoms with van der Waals surface area (Å²) in [7, 11) is 0. The third-order valence-electron chi connectivity index (χ3n) is 3.16. The lowest BCUT2D eigenvalue weighted by atomic mass is 10.1. The Morgan fingerprint density at radius 2 is 2.18 bits per heavy atom. The summed E-state index contributed by atoms with van der Waals surface area (Å²) in [6.07, 6.45) is 0.703. The van der Waals surface area contributed by atoms with Gasteiger partial charge in [-0.05, 0) is 31.0 Å². The normalized spacial score (nSPS) is 22.0. The van der Waals surface area contributed by atoms with Crippen molar-refractivity contribution in [3.05, 3.63) is 33.8 Å². The second-order valence-electron chi connectivity index (χ2n) is 4.27. The molecule has 0 aliphatic carbocycles. The van der Waals surface area contributed by atoms with Gasteiger partial charge < -0.3 is 10.6 Å². The molecule has 0 spiro atoms. The van der Waals surface area contributed by atoms with Crippen LogP contribution in [0.25, 0.3) is 0 Å². The topological polar surface area (TPSA) is 46.3 Å². The molecule has 0 bridgehead atoms. The zero-order chi connectivity index (χ0) is 12.6. The van der Waals surface area contributed by atoms with Gasteiger partial charge >= 0.3 is 0 Å². The first-order chi connectivity index (χ1) is 8.00. The predicted molar refractivity (Wildman–Crippen MR) is 69.2 cm³/mol. The molecule has 17 heavy (non-hydrogen) atoms. The molecule has 2 rings (SSSR count). The summed E-state index contributed by atoms with van der Waals surface area (Å²) in [5.41, 5.74) is 6.60. The van der Waals surface area contributed by atoms with Crippen LogP contribution in [-0.2, 0) is 4.79 Å². The number of hydrogen-bond donors (Lipinski definition) is 1. The highest BCUT2D eigenvalue weighted by atomic mass is 35.5. The Kier molecular flexibility index (Phi) is 3.61. The van der Waals surface area contributed by atoms with Crippen molar-refractivity contribution in [1.29, 1.82) is 0 Å². The summed E-state index contributed by atoms with van der Waals surface area (Å²) in [4.78, 5) is 13.6. The van der Waals surface area contributed by atoms with Crippen LogP contribution in [0.4, 0.5) is 0 Å². The van der Waals surface area contributed by atoms with Gasteiger partial charge in [0.25, 0.3) is 0 Å². The monoisotopic (exact) mass is 272 g/mol. The lowest BCUT2D eigenvalue weighted by molar-refractivity contribution is -0.130. The average molecular weight is 273 g/mol. The summed E-state index contributed by atoms with van der Waals surface area (Å²) in [5.74, 6) is -0.0106. The van der Waals surface area contributed by atoms with Crippen molar-refractivity contribution >= 4 is 29.1 Å². The Bertz CT molecular complexity index is 450.